The number of nitrogens with one attached hydrogen (secondary N) is 2. The average Bonchev–Trinajstić information content (AvgIpc) is 2.84. The Morgan fingerprint density at radius 2 is 1.81 bits per heavy atom. The highest BCUT2D eigenvalue weighted by molar-refractivity contribution is 5.79. The molecule has 2 fully saturated rings. The number of ether oxygens (including phenoxy) is 2. The highest BCUT2D eigenvalue weighted by atomic mass is 16.5. The lowest BCUT2D eigenvalue weighted by atomic mass is 10.0. The number of hydrogen-bond acceptors (Lipinski definition) is 7. The van der Waals surface area contributed by atoms with Crippen molar-refractivity contribution in [2.75, 3.05) is 84.2 Å². The third kappa shape index (κ3) is 8.96. The predicted octanol–water partition coefficient (Wildman–Crippen LogP) is 0.987. The van der Waals surface area contributed by atoms with E-state index in [1.54, 1.807) is 0 Å². The van der Waals surface area contributed by atoms with Gasteiger partial charge in [0, 0.05) is 85.1 Å². The van der Waals surface area contributed by atoms with Gasteiger partial charge < -0.3 is 25.0 Å². The lowest BCUT2D eigenvalue weighted by Crippen LogP contribution is -2.47. The Bertz CT molecular complexity index is 618. The van der Waals surface area contributed by atoms with Crippen molar-refractivity contribution >= 4 is 11.9 Å². The summed E-state index contributed by atoms with van der Waals surface area (Å²) >= 11 is 0. The summed E-state index contributed by atoms with van der Waals surface area (Å²) in [6, 6.07) is 1.86. The van der Waals surface area contributed by atoms with Crippen LogP contribution in [0.25, 0.3) is 0 Å². The largest absolute Gasteiger partial charge is 0.381 e. The van der Waals surface area contributed by atoms with Crippen LogP contribution in [0.5, 0.6) is 0 Å². The van der Waals surface area contributed by atoms with Crippen LogP contribution in [-0.2, 0) is 9.47 Å². The third-order valence-electron chi connectivity index (χ3n) is 5.83. The smallest absolute Gasteiger partial charge is 0.225 e. The summed E-state index contributed by atoms with van der Waals surface area (Å²) < 4.78 is 11.2. The van der Waals surface area contributed by atoms with Crippen LogP contribution < -0.4 is 15.5 Å². The third-order valence-corrected chi connectivity index (χ3v) is 5.83. The number of aromatic nitrogens is 2. The molecule has 0 saturated carbocycles. The molecule has 2 N–H and O–H groups in total. The van der Waals surface area contributed by atoms with Crippen molar-refractivity contribution in [1.29, 1.82) is 0 Å². The predicted molar refractivity (Wildman–Crippen MR) is 124 cm³/mol. The van der Waals surface area contributed by atoms with E-state index in [0.29, 0.717) is 5.92 Å². The Labute approximate surface area is 186 Å². The molecule has 0 aliphatic carbocycles. The SMILES string of the molecule is CN=C(NCCCOCC1CCOCC1)NCCCN1CCN(c2ncccn2)CC1. The van der Waals surface area contributed by atoms with Gasteiger partial charge in [0.25, 0.3) is 0 Å². The van der Waals surface area contributed by atoms with Gasteiger partial charge in [0.15, 0.2) is 5.96 Å². The summed E-state index contributed by atoms with van der Waals surface area (Å²) in [6.45, 7) is 10.4. The van der Waals surface area contributed by atoms with Gasteiger partial charge in [0.1, 0.15) is 0 Å². The number of piperazine rings is 1. The maximum Gasteiger partial charge on any atom is 0.225 e. The minimum absolute atomic E-state index is 0.672. The highest BCUT2D eigenvalue weighted by Gasteiger charge is 2.18. The average molecular weight is 434 g/mol. The topological polar surface area (TPSA) is 87.1 Å². The van der Waals surface area contributed by atoms with Crippen molar-refractivity contribution < 1.29 is 9.47 Å². The van der Waals surface area contributed by atoms with Gasteiger partial charge in [-0.3, -0.25) is 9.89 Å². The summed E-state index contributed by atoms with van der Waals surface area (Å²) in [5.41, 5.74) is 0. The van der Waals surface area contributed by atoms with Crippen LogP contribution in [0.15, 0.2) is 23.5 Å². The molecule has 9 heteroatoms. The van der Waals surface area contributed by atoms with Gasteiger partial charge >= 0.3 is 0 Å². The number of hydrogen-bond donors (Lipinski definition) is 2. The molecule has 0 bridgehead atoms. The van der Waals surface area contributed by atoms with Gasteiger partial charge in [-0.25, -0.2) is 9.97 Å². The van der Waals surface area contributed by atoms with E-state index in [1.165, 1.54) is 0 Å². The summed E-state index contributed by atoms with van der Waals surface area (Å²) in [7, 11) is 1.82. The molecule has 0 atom stereocenters. The quantitative estimate of drug-likeness (QED) is 0.304. The fourth-order valence-corrected chi connectivity index (χ4v) is 3.90. The highest BCUT2D eigenvalue weighted by Crippen LogP contribution is 2.14. The van der Waals surface area contributed by atoms with Gasteiger partial charge in [-0.2, -0.15) is 0 Å². The fraction of sp³-hybridized carbons (Fsp3) is 0.773. The minimum Gasteiger partial charge on any atom is -0.381 e. The monoisotopic (exact) mass is 433 g/mol. The lowest BCUT2D eigenvalue weighted by Gasteiger charge is -2.34. The first kappa shape index (κ1) is 23.7. The van der Waals surface area contributed by atoms with E-state index in [4.69, 9.17) is 9.47 Å². The molecule has 3 rings (SSSR count). The molecule has 1 aromatic heterocycles. The van der Waals surface area contributed by atoms with E-state index >= 15 is 0 Å². The van der Waals surface area contributed by atoms with E-state index in [-0.39, 0.29) is 0 Å². The molecule has 174 valence electrons. The molecule has 0 spiro atoms. The van der Waals surface area contributed by atoms with Crippen molar-refractivity contribution in [2.24, 2.45) is 10.9 Å². The Balaban J connectivity index is 1.17. The molecule has 0 radical (unpaired) electrons. The summed E-state index contributed by atoms with van der Waals surface area (Å²) in [6.07, 6.45) is 7.96. The first-order chi connectivity index (χ1) is 15.3. The number of rotatable bonds is 11. The van der Waals surface area contributed by atoms with Crippen molar-refractivity contribution in [3.8, 4) is 0 Å². The second-order valence-corrected chi connectivity index (χ2v) is 8.14. The van der Waals surface area contributed by atoms with E-state index < -0.39 is 0 Å². The summed E-state index contributed by atoms with van der Waals surface area (Å²) in [4.78, 5) is 17.8. The van der Waals surface area contributed by atoms with E-state index in [9.17, 15) is 0 Å². The Morgan fingerprint density at radius 1 is 1.10 bits per heavy atom. The van der Waals surface area contributed by atoms with Crippen LogP contribution in [-0.4, -0.2) is 100 Å². The molecule has 1 aromatic rings. The zero-order valence-corrected chi connectivity index (χ0v) is 19.0. The molecule has 2 aliphatic heterocycles. The normalized spacial score (nSPS) is 18.9. The molecule has 9 nitrogen and oxygen atoms in total. The second kappa shape index (κ2) is 14.2. The Morgan fingerprint density at radius 3 is 2.52 bits per heavy atom. The number of anilines is 1. The van der Waals surface area contributed by atoms with Crippen LogP contribution >= 0.6 is 0 Å². The van der Waals surface area contributed by atoms with E-state index in [1.807, 2.05) is 25.5 Å². The van der Waals surface area contributed by atoms with Crippen molar-refractivity contribution in [2.45, 2.75) is 25.7 Å². The molecule has 2 aliphatic rings. The molecule has 3 heterocycles. The van der Waals surface area contributed by atoms with Crippen LogP contribution in [0.3, 0.4) is 0 Å². The molecule has 31 heavy (non-hydrogen) atoms. The maximum atomic E-state index is 5.82. The minimum atomic E-state index is 0.672. The van der Waals surface area contributed by atoms with E-state index in [2.05, 4.69) is 35.4 Å². The fourth-order valence-electron chi connectivity index (χ4n) is 3.90. The van der Waals surface area contributed by atoms with Gasteiger partial charge in [-0.05, 0) is 44.2 Å². The number of aliphatic imine (C=N–C) groups is 1. The Hall–Kier alpha value is -1.97. The molecule has 0 aromatic carbocycles. The summed E-state index contributed by atoms with van der Waals surface area (Å²) in [5.74, 6) is 2.38. The number of guanidine groups is 1. The summed E-state index contributed by atoms with van der Waals surface area (Å²) in [5, 5.41) is 6.79. The standard InChI is InChI=1S/C22H39N7O2/c1-23-21(25-10-4-16-31-19-20-5-17-30-18-6-20)24-9-3-11-28-12-14-29(15-13-28)22-26-7-2-8-27-22/h2,7-8,20H,3-6,9-19H2,1H3,(H2,23,24,25). The molecular formula is C22H39N7O2. The van der Waals surface area contributed by atoms with E-state index in [0.717, 1.165) is 110 Å². The Kier molecular flexibility index (Phi) is 10.8. The zero-order chi connectivity index (χ0) is 21.6. The van der Waals surface area contributed by atoms with Crippen LogP contribution in [0.4, 0.5) is 5.95 Å². The number of nitrogens with zero attached hydrogens (tertiary/aromatic N) is 5. The van der Waals surface area contributed by atoms with Gasteiger partial charge in [-0.1, -0.05) is 0 Å². The first-order valence-corrected chi connectivity index (χ1v) is 11.7. The molecular weight excluding hydrogens is 394 g/mol. The lowest BCUT2D eigenvalue weighted by molar-refractivity contribution is 0.0203. The zero-order valence-electron chi connectivity index (χ0n) is 19.0. The molecule has 2 saturated heterocycles. The van der Waals surface area contributed by atoms with Crippen molar-refractivity contribution in [3.05, 3.63) is 18.5 Å². The van der Waals surface area contributed by atoms with Crippen molar-refractivity contribution in [1.82, 2.24) is 25.5 Å². The van der Waals surface area contributed by atoms with Crippen LogP contribution in [0, 0.1) is 5.92 Å². The first-order valence-electron chi connectivity index (χ1n) is 11.7. The van der Waals surface area contributed by atoms with Crippen LogP contribution in [0.2, 0.25) is 0 Å². The van der Waals surface area contributed by atoms with Crippen LogP contribution in [0.1, 0.15) is 25.7 Å². The second-order valence-electron chi connectivity index (χ2n) is 8.14. The maximum absolute atomic E-state index is 5.82. The molecule has 0 unspecified atom stereocenters. The van der Waals surface area contributed by atoms with Crippen molar-refractivity contribution in [3.63, 3.8) is 0 Å². The van der Waals surface area contributed by atoms with Gasteiger partial charge in [0.2, 0.25) is 5.95 Å². The molecule has 0 amide bonds. The van der Waals surface area contributed by atoms with Gasteiger partial charge in [0.05, 0.1) is 0 Å². The van der Waals surface area contributed by atoms with Gasteiger partial charge in [-0.15, -0.1) is 0 Å².